The monoisotopic (exact) mass is 278 g/mol. The molecule has 1 amide bonds. The highest BCUT2D eigenvalue weighted by molar-refractivity contribution is 5.84. The average molecular weight is 278 g/mol. The van der Waals surface area contributed by atoms with E-state index < -0.39 is 12.0 Å². The molecule has 5 heteroatoms. The van der Waals surface area contributed by atoms with E-state index in [0.717, 1.165) is 25.7 Å². The van der Waals surface area contributed by atoms with E-state index in [9.17, 15) is 14.7 Å². The van der Waals surface area contributed by atoms with Gasteiger partial charge >= 0.3 is 5.97 Å². The first-order valence-corrected chi connectivity index (χ1v) is 7.62. The zero-order valence-electron chi connectivity index (χ0n) is 11.7. The molecule has 1 heterocycles. The molecule has 1 saturated heterocycles. The quantitative estimate of drug-likeness (QED) is 0.744. The first-order chi connectivity index (χ1) is 9.66. The number of amides is 1. The molecule has 3 aliphatic rings. The van der Waals surface area contributed by atoms with Gasteiger partial charge in [-0.2, -0.15) is 0 Å². The van der Waals surface area contributed by atoms with Crippen molar-refractivity contribution >= 4 is 11.9 Å². The van der Waals surface area contributed by atoms with Crippen LogP contribution in [0.4, 0.5) is 0 Å². The van der Waals surface area contributed by atoms with E-state index in [2.05, 4.69) is 11.4 Å². The third-order valence-corrected chi connectivity index (χ3v) is 4.61. The second kappa shape index (κ2) is 5.56. The van der Waals surface area contributed by atoms with Crippen molar-refractivity contribution in [3.05, 3.63) is 11.6 Å². The van der Waals surface area contributed by atoms with Crippen LogP contribution in [0.25, 0.3) is 0 Å². The third-order valence-electron chi connectivity index (χ3n) is 4.61. The molecular weight excluding hydrogens is 256 g/mol. The van der Waals surface area contributed by atoms with Crippen LogP contribution < -0.4 is 5.32 Å². The topological polar surface area (TPSA) is 69.6 Å². The minimum atomic E-state index is -0.786. The van der Waals surface area contributed by atoms with Crippen LogP contribution in [0.2, 0.25) is 0 Å². The number of hydrogen-bond acceptors (Lipinski definition) is 3. The van der Waals surface area contributed by atoms with Crippen LogP contribution in [0.15, 0.2) is 11.6 Å². The lowest BCUT2D eigenvalue weighted by molar-refractivity contribution is -0.143. The predicted molar refractivity (Wildman–Crippen MR) is 74.3 cm³/mol. The summed E-state index contributed by atoms with van der Waals surface area (Å²) in [4.78, 5) is 25.6. The number of carboxylic acids is 1. The van der Waals surface area contributed by atoms with Crippen molar-refractivity contribution in [3.63, 3.8) is 0 Å². The standard InChI is InChI=1S/C15H22N2O3/c18-14(16-9-10-3-1-2-4-10)12-7-8-13(15(19)20)17(12)11-5-6-11/h3,11-13H,1-2,4-9H2,(H,16,18)(H,19,20). The number of rotatable bonds is 5. The summed E-state index contributed by atoms with van der Waals surface area (Å²) in [6.07, 6.45) is 8.89. The number of aliphatic carboxylic acids is 1. The molecule has 0 bridgehead atoms. The average Bonchev–Trinajstić information content (AvgIpc) is 2.96. The Kier molecular flexibility index (Phi) is 3.78. The SMILES string of the molecule is O=C(O)C1CCC(C(=O)NCC2=CCCC2)N1C1CC1. The Bertz CT molecular complexity index is 442. The second-order valence-corrected chi connectivity index (χ2v) is 6.10. The molecule has 0 aromatic heterocycles. The highest BCUT2D eigenvalue weighted by Crippen LogP contribution is 2.37. The number of likely N-dealkylation sites (tertiary alicyclic amines) is 1. The summed E-state index contributed by atoms with van der Waals surface area (Å²) in [5, 5.41) is 12.3. The zero-order valence-corrected chi connectivity index (χ0v) is 11.7. The minimum Gasteiger partial charge on any atom is -0.480 e. The maximum atomic E-state index is 12.3. The predicted octanol–water partition coefficient (Wildman–Crippen LogP) is 1.29. The molecule has 110 valence electrons. The van der Waals surface area contributed by atoms with E-state index in [-0.39, 0.29) is 11.9 Å². The molecule has 1 aliphatic heterocycles. The summed E-state index contributed by atoms with van der Waals surface area (Å²) in [5.74, 6) is -0.779. The van der Waals surface area contributed by atoms with Crippen molar-refractivity contribution < 1.29 is 14.7 Å². The van der Waals surface area contributed by atoms with Crippen LogP contribution >= 0.6 is 0 Å². The number of carboxylic acid groups (broad SMARTS) is 1. The summed E-state index contributed by atoms with van der Waals surface area (Å²) in [7, 11) is 0. The van der Waals surface area contributed by atoms with Gasteiger partial charge in [-0.05, 0) is 44.9 Å². The van der Waals surface area contributed by atoms with Gasteiger partial charge in [0, 0.05) is 12.6 Å². The lowest BCUT2D eigenvalue weighted by atomic mass is 10.2. The molecule has 2 unspecified atom stereocenters. The Morgan fingerprint density at radius 2 is 2.00 bits per heavy atom. The van der Waals surface area contributed by atoms with Crippen LogP contribution in [0, 0.1) is 0 Å². The van der Waals surface area contributed by atoms with Gasteiger partial charge in [0.15, 0.2) is 0 Å². The first-order valence-electron chi connectivity index (χ1n) is 7.62. The molecule has 2 aliphatic carbocycles. The summed E-state index contributed by atoms with van der Waals surface area (Å²) in [5.41, 5.74) is 1.31. The number of nitrogens with zero attached hydrogens (tertiary/aromatic N) is 1. The van der Waals surface area contributed by atoms with Gasteiger partial charge in [-0.3, -0.25) is 14.5 Å². The smallest absolute Gasteiger partial charge is 0.320 e. The fourth-order valence-electron chi connectivity index (χ4n) is 3.45. The number of allylic oxidation sites excluding steroid dienone is 1. The molecule has 20 heavy (non-hydrogen) atoms. The van der Waals surface area contributed by atoms with Gasteiger partial charge in [-0.25, -0.2) is 0 Å². The van der Waals surface area contributed by atoms with Crippen LogP contribution in [-0.4, -0.2) is 46.6 Å². The van der Waals surface area contributed by atoms with E-state index in [1.54, 1.807) is 0 Å². The third kappa shape index (κ3) is 2.73. The van der Waals surface area contributed by atoms with Crippen molar-refractivity contribution in [2.45, 2.75) is 63.1 Å². The largest absolute Gasteiger partial charge is 0.480 e. The van der Waals surface area contributed by atoms with Crippen LogP contribution in [0.1, 0.15) is 44.9 Å². The Morgan fingerprint density at radius 1 is 1.25 bits per heavy atom. The maximum Gasteiger partial charge on any atom is 0.320 e. The highest BCUT2D eigenvalue weighted by atomic mass is 16.4. The molecule has 3 rings (SSSR count). The Labute approximate surface area is 119 Å². The first kappa shape index (κ1) is 13.6. The fraction of sp³-hybridized carbons (Fsp3) is 0.733. The van der Waals surface area contributed by atoms with Crippen molar-refractivity contribution in [2.75, 3.05) is 6.54 Å². The van der Waals surface area contributed by atoms with E-state index in [1.165, 1.54) is 12.0 Å². The van der Waals surface area contributed by atoms with Crippen molar-refractivity contribution in [1.29, 1.82) is 0 Å². The summed E-state index contributed by atoms with van der Waals surface area (Å²) < 4.78 is 0. The summed E-state index contributed by atoms with van der Waals surface area (Å²) in [6, 6.07) is -0.408. The van der Waals surface area contributed by atoms with Gasteiger partial charge in [0.05, 0.1) is 6.04 Å². The van der Waals surface area contributed by atoms with E-state index in [4.69, 9.17) is 0 Å². The van der Waals surface area contributed by atoms with E-state index in [0.29, 0.717) is 25.4 Å². The van der Waals surface area contributed by atoms with E-state index in [1.807, 2.05) is 4.90 Å². The zero-order chi connectivity index (χ0) is 14.1. The number of carbonyl (C=O) groups is 2. The second-order valence-electron chi connectivity index (χ2n) is 6.10. The molecule has 1 saturated carbocycles. The summed E-state index contributed by atoms with van der Waals surface area (Å²) >= 11 is 0. The number of carbonyl (C=O) groups excluding carboxylic acids is 1. The van der Waals surface area contributed by atoms with Gasteiger partial charge in [-0.15, -0.1) is 0 Å². The highest BCUT2D eigenvalue weighted by Gasteiger charge is 2.48. The Hall–Kier alpha value is -1.36. The van der Waals surface area contributed by atoms with Gasteiger partial charge < -0.3 is 10.4 Å². The Balaban J connectivity index is 1.60. The number of hydrogen-bond donors (Lipinski definition) is 2. The lowest BCUT2D eigenvalue weighted by Crippen LogP contribution is -2.49. The van der Waals surface area contributed by atoms with Gasteiger partial charge in [0.1, 0.15) is 6.04 Å². The molecular formula is C15H22N2O3. The molecule has 0 aromatic carbocycles. The fourth-order valence-corrected chi connectivity index (χ4v) is 3.45. The van der Waals surface area contributed by atoms with Crippen LogP contribution in [0.5, 0.6) is 0 Å². The maximum absolute atomic E-state index is 12.3. The van der Waals surface area contributed by atoms with Crippen molar-refractivity contribution in [3.8, 4) is 0 Å². The van der Waals surface area contributed by atoms with Gasteiger partial charge in [0.25, 0.3) is 0 Å². The molecule has 0 aromatic rings. The summed E-state index contributed by atoms with van der Waals surface area (Å²) in [6.45, 7) is 0.631. The molecule has 2 atom stereocenters. The lowest BCUT2D eigenvalue weighted by Gasteiger charge is -2.27. The van der Waals surface area contributed by atoms with Crippen LogP contribution in [0.3, 0.4) is 0 Å². The van der Waals surface area contributed by atoms with Gasteiger partial charge in [0.2, 0.25) is 5.91 Å². The molecule has 0 radical (unpaired) electrons. The molecule has 2 N–H and O–H groups in total. The molecule has 2 fully saturated rings. The van der Waals surface area contributed by atoms with Crippen molar-refractivity contribution in [1.82, 2.24) is 10.2 Å². The number of nitrogens with one attached hydrogen (secondary N) is 1. The van der Waals surface area contributed by atoms with Crippen molar-refractivity contribution in [2.24, 2.45) is 0 Å². The van der Waals surface area contributed by atoms with Crippen LogP contribution in [-0.2, 0) is 9.59 Å². The van der Waals surface area contributed by atoms with E-state index >= 15 is 0 Å². The normalized spacial score (nSPS) is 30.3. The molecule has 5 nitrogen and oxygen atoms in total. The Morgan fingerprint density at radius 3 is 2.60 bits per heavy atom. The molecule has 0 spiro atoms. The van der Waals surface area contributed by atoms with Gasteiger partial charge in [-0.1, -0.05) is 11.6 Å². The minimum absolute atomic E-state index is 0.00782.